The summed E-state index contributed by atoms with van der Waals surface area (Å²) in [6, 6.07) is -0.505. The maximum Gasteiger partial charge on any atom is 0.431 e. The number of carbonyl (C=O) groups excluding carboxylic acids is 2. The lowest BCUT2D eigenvalue weighted by atomic mass is 10.1. The summed E-state index contributed by atoms with van der Waals surface area (Å²) < 4.78 is 15.6. The molecule has 0 heterocycles. The molecule has 0 fully saturated rings. The van der Waals surface area contributed by atoms with Gasteiger partial charge in [-0.25, -0.2) is 4.79 Å². The second-order valence-corrected chi connectivity index (χ2v) is 6.86. The van der Waals surface area contributed by atoms with E-state index in [0.29, 0.717) is 45.9 Å². The van der Waals surface area contributed by atoms with Gasteiger partial charge in [0.2, 0.25) is 5.91 Å². The van der Waals surface area contributed by atoms with Crippen molar-refractivity contribution in [3.63, 3.8) is 0 Å². The number of hydrogen-bond donors (Lipinski definition) is 4. The molecule has 10 heteroatoms. The lowest BCUT2D eigenvalue weighted by Crippen LogP contribution is -2.41. The number of hydroxylamine groups is 1. The molecule has 0 aliphatic rings. The van der Waals surface area contributed by atoms with Crippen LogP contribution in [0, 0.1) is 0 Å². The number of hydrogen-bond acceptors (Lipinski definition) is 8. The Bertz CT molecular complexity index is 403. The molecule has 0 aliphatic carbocycles. The lowest BCUT2D eigenvalue weighted by Gasteiger charge is -2.19. The number of rotatable bonds is 15. The van der Waals surface area contributed by atoms with Crippen LogP contribution in [-0.2, 0) is 23.8 Å². The highest BCUT2D eigenvalue weighted by atomic mass is 16.7. The van der Waals surface area contributed by atoms with Crippen LogP contribution < -0.4 is 22.3 Å². The van der Waals surface area contributed by atoms with Crippen molar-refractivity contribution in [2.24, 2.45) is 11.5 Å². The van der Waals surface area contributed by atoms with Gasteiger partial charge in [-0.2, -0.15) is 5.48 Å². The van der Waals surface area contributed by atoms with Gasteiger partial charge in [-0.3, -0.25) is 9.63 Å². The van der Waals surface area contributed by atoms with Crippen LogP contribution in [0.5, 0.6) is 0 Å². The Kier molecular flexibility index (Phi) is 14.7. The highest BCUT2D eigenvalue weighted by molar-refractivity contribution is 5.81. The molecule has 0 rings (SSSR count). The van der Waals surface area contributed by atoms with E-state index in [-0.39, 0.29) is 12.5 Å². The van der Waals surface area contributed by atoms with Crippen LogP contribution in [0.3, 0.4) is 0 Å². The minimum Gasteiger partial charge on any atom is -0.442 e. The predicted molar refractivity (Wildman–Crippen MR) is 101 cm³/mol. The van der Waals surface area contributed by atoms with E-state index >= 15 is 0 Å². The molecule has 0 saturated carbocycles. The van der Waals surface area contributed by atoms with E-state index in [4.69, 9.17) is 30.5 Å². The van der Waals surface area contributed by atoms with Crippen molar-refractivity contribution in [2.75, 3.05) is 46.1 Å². The van der Waals surface area contributed by atoms with Crippen molar-refractivity contribution in [3.8, 4) is 0 Å². The molecule has 0 unspecified atom stereocenters. The van der Waals surface area contributed by atoms with Crippen LogP contribution in [0.1, 0.15) is 40.0 Å². The molecule has 10 nitrogen and oxygen atoms in total. The van der Waals surface area contributed by atoms with E-state index in [0.717, 1.165) is 12.8 Å². The number of nitrogens with one attached hydrogen (secondary N) is 2. The van der Waals surface area contributed by atoms with Crippen LogP contribution in [0.2, 0.25) is 0 Å². The molecule has 0 aromatic carbocycles. The number of ether oxygens (including phenoxy) is 3. The molecule has 0 spiro atoms. The van der Waals surface area contributed by atoms with Gasteiger partial charge in [0.1, 0.15) is 5.60 Å². The van der Waals surface area contributed by atoms with Gasteiger partial charge in [0.15, 0.2) is 0 Å². The number of unbranched alkanes of at least 4 members (excludes halogenated alkanes) is 1. The molecule has 0 aromatic heterocycles. The van der Waals surface area contributed by atoms with Gasteiger partial charge < -0.3 is 31.0 Å². The first kappa shape index (κ1) is 25.5. The van der Waals surface area contributed by atoms with Crippen molar-refractivity contribution >= 4 is 12.0 Å². The maximum absolute atomic E-state index is 11.7. The topological polar surface area (TPSA) is 147 Å². The molecule has 2 amide bonds. The molecule has 160 valence electrons. The van der Waals surface area contributed by atoms with Crippen LogP contribution in [-0.4, -0.2) is 69.8 Å². The van der Waals surface area contributed by atoms with Gasteiger partial charge in [-0.1, -0.05) is 6.42 Å². The molecular weight excluding hydrogens is 356 g/mol. The van der Waals surface area contributed by atoms with Crippen molar-refractivity contribution in [2.45, 2.75) is 51.7 Å². The molecule has 0 aromatic rings. The number of amides is 2. The van der Waals surface area contributed by atoms with E-state index < -0.39 is 17.7 Å². The molecule has 1 atom stereocenters. The average Bonchev–Trinajstić information content (AvgIpc) is 2.57. The average molecular weight is 392 g/mol. The fourth-order valence-electron chi connectivity index (χ4n) is 1.85. The zero-order chi connectivity index (χ0) is 20.5. The molecule has 6 N–H and O–H groups in total. The molecule has 0 aliphatic heterocycles. The highest BCUT2D eigenvalue weighted by Crippen LogP contribution is 2.06. The lowest BCUT2D eigenvalue weighted by molar-refractivity contribution is -0.122. The van der Waals surface area contributed by atoms with Crippen molar-refractivity contribution < 1.29 is 28.6 Å². The Morgan fingerprint density at radius 2 is 1.63 bits per heavy atom. The van der Waals surface area contributed by atoms with E-state index in [9.17, 15) is 9.59 Å². The van der Waals surface area contributed by atoms with E-state index in [2.05, 4.69) is 10.8 Å². The normalized spacial score (nSPS) is 12.5. The minimum atomic E-state index is -0.646. The predicted octanol–water partition coefficient (Wildman–Crippen LogP) is 0.0484. The Balaban J connectivity index is 3.38. The third-order valence-electron chi connectivity index (χ3n) is 3.11. The third kappa shape index (κ3) is 17.7. The first-order chi connectivity index (χ1) is 12.8. The molecule has 27 heavy (non-hydrogen) atoms. The summed E-state index contributed by atoms with van der Waals surface area (Å²) >= 11 is 0. The Morgan fingerprint density at radius 3 is 2.26 bits per heavy atom. The first-order valence-electron chi connectivity index (χ1n) is 9.26. The zero-order valence-corrected chi connectivity index (χ0v) is 16.8. The van der Waals surface area contributed by atoms with E-state index in [1.165, 1.54) is 0 Å². The van der Waals surface area contributed by atoms with Gasteiger partial charge in [-0.15, -0.1) is 0 Å². The van der Waals surface area contributed by atoms with Crippen molar-refractivity contribution in [1.29, 1.82) is 0 Å². The monoisotopic (exact) mass is 392 g/mol. The zero-order valence-electron chi connectivity index (χ0n) is 16.8. The molecule has 0 radical (unpaired) electrons. The maximum atomic E-state index is 11.7. The van der Waals surface area contributed by atoms with Crippen LogP contribution in [0.4, 0.5) is 4.79 Å². The second kappa shape index (κ2) is 15.6. The Morgan fingerprint density at radius 1 is 1.00 bits per heavy atom. The van der Waals surface area contributed by atoms with Crippen LogP contribution >= 0.6 is 0 Å². The van der Waals surface area contributed by atoms with Crippen LogP contribution in [0.15, 0.2) is 0 Å². The number of carbonyl (C=O) groups is 2. The summed E-state index contributed by atoms with van der Waals surface area (Å²) in [5.74, 6) is -0.179. The van der Waals surface area contributed by atoms with E-state index in [1.807, 2.05) is 0 Å². The van der Waals surface area contributed by atoms with Gasteiger partial charge in [0.05, 0.1) is 39.1 Å². The summed E-state index contributed by atoms with van der Waals surface area (Å²) in [6.07, 6.45) is 1.69. The Labute approximate surface area is 161 Å². The van der Waals surface area contributed by atoms with Gasteiger partial charge in [0, 0.05) is 6.54 Å². The summed E-state index contributed by atoms with van der Waals surface area (Å²) in [7, 11) is 0. The van der Waals surface area contributed by atoms with Crippen molar-refractivity contribution in [1.82, 2.24) is 10.8 Å². The highest BCUT2D eigenvalue weighted by Gasteiger charge is 2.15. The minimum absolute atomic E-state index is 0.179. The van der Waals surface area contributed by atoms with Crippen LogP contribution in [0.25, 0.3) is 0 Å². The number of nitrogens with two attached hydrogens (primary N) is 2. The second-order valence-electron chi connectivity index (χ2n) is 6.86. The molecule has 0 bridgehead atoms. The third-order valence-corrected chi connectivity index (χ3v) is 3.11. The van der Waals surface area contributed by atoms with Gasteiger partial charge in [-0.05, 0) is 40.2 Å². The molecule has 0 saturated heterocycles. The van der Waals surface area contributed by atoms with Gasteiger partial charge in [0.25, 0.3) is 0 Å². The fraction of sp³-hybridized carbons (Fsp3) is 0.882. The van der Waals surface area contributed by atoms with Gasteiger partial charge >= 0.3 is 6.09 Å². The fourth-order valence-corrected chi connectivity index (χ4v) is 1.85. The van der Waals surface area contributed by atoms with Crippen molar-refractivity contribution in [3.05, 3.63) is 0 Å². The summed E-state index contributed by atoms with van der Waals surface area (Å²) in [4.78, 5) is 27.9. The Hall–Kier alpha value is -1.46. The molecular formula is C17H36N4O6. The summed E-state index contributed by atoms with van der Waals surface area (Å²) in [5, 5.41) is 2.72. The first-order valence-corrected chi connectivity index (χ1v) is 9.26. The quantitative estimate of drug-likeness (QED) is 0.226. The summed E-state index contributed by atoms with van der Waals surface area (Å²) in [6.45, 7) is 7.92. The SMILES string of the molecule is CC(C)(C)OC(=O)NOCCOCCOCCNC(=O)[C@@H](N)CCCCN. The smallest absolute Gasteiger partial charge is 0.431 e. The van der Waals surface area contributed by atoms with E-state index in [1.54, 1.807) is 20.8 Å². The largest absolute Gasteiger partial charge is 0.442 e. The standard InChI is InChI=1S/C17H36N4O6/c1-17(2,3)27-16(23)21-26-13-12-25-11-10-24-9-8-20-15(22)14(19)6-4-5-7-18/h14H,4-13,18-19H2,1-3H3,(H,20,22)(H,21,23)/t14-/m0/s1. The summed E-state index contributed by atoms with van der Waals surface area (Å²) in [5.41, 5.74) is 12.8.